The van der Waals surface area contributed by atoms with Crippen molar-refractivity contribution in [1.29, 1.82) is 0 Å². The maximum atomic E-state index is 5.63. The van der Waals surface area contributed by atoms with Gasteiger partial charge in [0, 0.05) is 37.3 Å². The van der Waals surface area contributed by atoms with Crippen LogP contribution in [0.25, 0.3) is 0 Å². The lowest BCUT2D eigenvalue weighted by atomic mass is 10.1. The third-order valence-corrected chi connectivity index (χ3v) is 3.80. The second-order valence-corrected chi connectivity index (χ2v) is 5.23. The summed E-state index contributed by atoms with van der Waals surface area (Å²) in [6.07, 6.45) is 1.12. The fraction of sp³-hybridized carbons (Fsp3) is 0.538. The number of benzene rings is 1. The van der Waals surface area contributed by atoms with E-state index in [1.165, 1.54) is 11.1 Å². The van der Waals surface area contributed by atoms with Crippen LogP contribution in [0.1, 0.15) is 17.5 Å². The van der Waals surface area contributed by atoms with Crippen LogP contribution in [-0.2, 0) is 17.8 Å². The van der Waals surface area contributed by atoms with Crippen molar-refractivity contribution in [3.8, 4) is 0 Å². The zero-order chi connectivity index (χ0) is 12.1. The predicted octanol–water partition coefficient (Wildman–Crippen LogP) is 2.13. The van der Waals surface area contributed by atoms with Crippen molar-refractivity contribution >= 4 is 15.9 Å². The molecule has 3 nitrogen and oxygen atoms in total. The lowest BCUT2D eigenvalue weighted by Gasteiger charge is -2.20. The number of halogens is 1. The average Bonchev–Trinajstić information content (AvgIpc) is 2.60. The van der Waals surface area contributed by atoms with Crippen LogP contribution < -0.4 is 5.73 Å². The van der Waals surface area contributed by atoms with Gasteiger partial charge in [-0.2, -0.15) is 0 Å². The lowest BCUT2D eigenvalue weighted by molar-refractivity contribution is 0.140. The average molecular weight is 299 g/mol. The van der Waals surface area contributed by atoms with E-state index in [0.29, 0.717) is 6.54 Å². The van der Waals surface area contributed by atoms with Gasteiger partial charge in [-0.1, -0.05) is 28.1 Å². The van der Waals surface area contributed by atoms with Gasteiger partial charge in [-0.15, -0.1) is 0 Å². The molecule has 0 radical (unpaired) electrons. The Balaban J connectivity index is 2.01. The number of ether oxygens (including phenoxy) is 1. The van der Waals surface area contributed by atoms with Crippen LogP contribution in [0.3, 0.4) is 0 Å². The van der Waals surface area contributed by atoms with Gasteiger partial charge in [-0.25, -0.2) is 0 Å². The molecule has 4 heteroatoms. The normalized spacial score (nSPS) is 18.0. The smallest absolute Gasteiger partial charge is 0.0593 e. The number of hydrogen-bond acceptors (Lipinski definition) is 3. The van der Waals surface area contributed by atoms with Crippen LogP contribution in [0.4, 0.5) is 0 Å². The zero-order valence-electron chi connectivity index (χ0n) is 9.99. The molecule has 94 valence electrons. The Bertz CT molecular complexity index is 362. The summed E-state index contributed by atoms with van der Waals surface area (Å²) in [5, 5.41) is 0. The summed E-state index contributed by atoms with van der Waals surface area (Å²) in [5.74, 6) is 0. The van der Waals surface area contributed by atoms with Crippen LogP contribution in [0.5, 0.6) is 0 Å². The molecule has 0 bridgehead atoms. The molecule has 0 saturated carbocycles. The molecule has 1 aromatic rings. The van der Waals surface area contributed by atoms with Crippen molar-refractivity contribution in [2.75, 3.05) is 26.3 Å². The van der Waals surface area contributed by atoms with Crippen LogP contribution in [-0.4, -0.2) is 31.2 Å². The summed E-state index contributed by atoms with van der Waals surface area (Å²) in [7, 11) is 0. The van der Waals surface area contributed by atoms with Crippen molar-refractivity contribution < 1.29 is 4.74 Å². The van der Waals surface area contributed by atoms with Crippen molar-refractivity contribution in [2.45, 2.75) is 19.5 Å². The largest absolute Gasteiger partial charge is 0.380 e. The molecule has 2 N–H and O–H groups in total. The molecule has 1 aliphatic rings. The molecule has 0 aromatic heterocycles. The van der Waals surface area contributed by atoms with Gasteiger partial charge < -0.3 is 10.5 Å². The van der Waals surface area contributed by atoms with Gasteiger partial charge in [0.25, 0.3) is 0 Å². The molecule has 1 aromatic carbocycles. The number of nitrogens with two attached hydrogens (primary N) is 1. The highest BCUT2D eigenvalue weighted by molar-refractivity contribution is 9.10. The first-order valence-electron chi connectivity index (χ1n) is 6.07. The van der Waals surface area contributed by atoms with Gasteiger partial charge in [-0.05, 0) is 23.6 Å². The number of hydrogen-bond donors (Lipinski definition) is 1. The fourth-order valence-corrected chi connectivity index (χ4v) is 2.59. The van der Waals surface area contributed by atoms with E-state index in [9.17, 15) is 0 Å². The Morgan fingerprint density at radius 3 is 2.94 bits per heavy atom. The van der Waals surface area contributed by atoms with Crippen molar-refractivity contribution in [1.82, 2.24) is 4.90 Å². The van der Waals surface area contributed by atoms with Crippen molar-refractivity contribution in [3.63, 3.8) is 0 Å². The fourth-order valence-electron chi connectivity index (χ4n) is 2.04. The quantitative estimate of drug-likeness (QED) is 0.929. The standard InChI is InChI=1S/C13H19BrN2O/c14-13-8-11(9-15)2-3-12(13)10-16-4-1-6-17-7-5-16/h2-3,8H,1,4-7,9-10,15H2. The van der Waals surface area contributed by atoms with Gasteiger partial charge in [0.1, 0.15) is 0 Å². The Kier molecular flexibility index (Phi) is 4.98. The molecular weight excluding hydrogens is 280 g/mol. The summed E-state index contributed by atoms with van der Waals surface area (Å²) in [5.41, 5.74) is 8.12. The lowest BCUT2D eigenvalue weighted by Crippen LogP contribution is -2.26. The summed E-state index contributed by atoms with van der Waals surface area (Å²) in [4.78, 5) is 2.44. The van der Waals surface area contributed by atoms with Crippen LogP contribution in [0, 0.1) is 0 Å². The molecule has 0 spiro atoms. The molecular formula is C13H19BrN2O. The second kappa shape index (κ2) is 6.50. The molecule has 1 fully saturated rings. The van der Waals surface area contributed by atoms with E-state index in [2.05, 4.69) is 39.0 Å². The number of rotatable bonds is 3. The molecule has 1 aliphatic heterocycles. The third kappa shape index (κ3) is 3.78. The Hall–Kier alpha value is -0.420. The van der Waals surface area contributed by atoms with Gasteiger partial charge in [0.05, 0.1) is 6.61 Å². The first-order valence-corrected chi connectivity index (χ1v) is 6.86. The first-order chi connectivity index (χ1) is 8.29. The van der Waals surface area contributed by atoms with Gasteiger partial charge in [-0.3, -0.25) is 4.90 Å². The summed E-state index contributed by atoms with van der Waals surface area (Å²) < 4.78 is 6.62. The SMILES string of the molecule is NCc1ccc(CN2CCCOCC2)c(Br)c1. The Labute approximate surface area is 111 Å². The molecule has 2 rings (SSSR count). The van der Waals surface area contributed by atoms with E-state index in [-0.39, 0.29) is 0 Å². The minimum absolute atomic E-state index is 0.594. The van der Waals surface area contributed by atoms with E-state index in [1.807, 2.05) is 0 Å². The van der Waals surface area contributed by atoms with E-state index in [1.54, 1.807) is 0 Å². The monoisotopic (exact) mass is 298 g/mol. The van der Waals surface area contributed by atoms with E-state index in [4.69, 9.17) is 10.5 Å². The van der Waals surface area contributed by atoms with Crippen molar-refractivity contribution in [3.05, 3.63) is 33.8 Å². The molecule has 0 atom stereocenters. The summed E-state index contributed by atoms with van der Waals surface area (Å²) in [6.45, 7) is 5.45. The maximum Gasteiger partial charge on any atom is 0.0593 e. The van der Waals surface area contributed by atoms with E-state index in [0.717, 1.165) is 43.7 Å². The predicted molar refractivity (Wildman–Crippen MR) is 72.7 cm³/mol. The van der Waals surface area contributed by atoms with Crippen LogP contribution in [0.2, 0.25) is 0 Å². The Morgan fingerprint density at radius 2 is 2.18 bits per heavy atom. The minimum atomic E-state index is 0.594. The van der Waals surface area contributed by atoms with Gasteiger partial charge in [0.2, 0.25) is 0 Å². The van der Waals surface area contributed by atoms with Crippen LogP contribution in [0.15, 0.2) is 22.7 Å². The highest BCUT2D eigenvalue weighted by Crippen LogP contribution is 2.20. The zero-order valence-corrected chi connectivity index (χ0v) is 11.6. The third-order valence-electron chi connectivity index (χ3n) is 3.06. The van der Waals surface area contributed by atoms with E-state index >= 15 is 0 Å². The molecule has 1 saturated heterocycles. The molecule has 17 heavy (non-hydrogen) atoms. The minimum Gasteiger partial charge on any atom is -0.380 e. The molecule has 1 heterocycles. The van der Waals surface area contributed by atoms with Gasteiger partial charge >= 0.3 is 0 Å². The van der Waals surface area contributed by atoms with Crippen LogP contribution >= 0.6 is 15.9 Å². The molecule has 0 aliphatic carbocycles. The molecule has 0 unspecified atom stereocenters. The second-order valence-electron chi connectivity index (χ2n) is 4.37. The van der Waals surface area contributed by atoms with Crippen molar-refractivity contribution in [2.24, 2.45) is 5.73 Å². The first kappa shape index (κ1) is 13.0. The van der Waals surface area contributed by atoms with E-state index < -0.39 is 0 Å². The number of nitrogens with zero attached hydrogens (tertiary/aromatic N) is 1. The summed E-state index contributed by atoms with van der Waals surface area (Å²) in [6, 6.07) is 6.39. The Morgan fingerprint density at radius 1 is 1.29 bits per heavy atom. The highest BCUT2D eigenvalue weighted by atomic mass is 79.9. The van der Waals surface area contributed by atoms with Gasteiger partial charge in [0.15, 0.2) is 0 Å². The summed E-state index contributed by atoms with van der Waals surface area (Å²) >= 11 is 3.62. The molecule has 0 amide bonds. The highest BCUT2D eigenvalue weighted by Gasteiger charge is 2.11. The topological polar surface area (TPSA) is 38.5 Å². The maximum absolute atomic E-state index is 5.63.